The van der Waals surface area contributed by atoms with E-state index in [-0.39, 0.29) is 5.91 Å². The van der Waals surface area contributed by atoms with Gasteiger partial charge in [-0.2, -0.15) is 0 Å². The lowest BCUT2D eigenvalue weighted by molar-refractivity contribution is 0.0994. The molecule has 0 atom stereocenters. The van der Waals surface area contributed by atoms with Crippen LogP contribution in [0, 0.1) is 18.8 Å². The largest absolute Gasteiger partial charge is 0.309 e. The van der Waals surface area contributed by atoms with Crippen LogP contribution in [0.2, 0.25) is 0 Å². The molecule has 0 radical (unpaired) electrons. The Kier molecular flexibility index (Phi) is 4.54. The molecule has 3 heterocycles. The molecule has 2 aromatic heterocycles. The van der Waals surface area contributed by atoms with Crippen molar-refractivity contribution in [1.82, 2.24) is 9.97 Å². The van der Waals surface area contributed by atoms with E-state index in [0.717, 1.165) is 22.6 Å². The van der Waals surface area contributed by atoms with Crippen LogP contribution in [0.4, 0.5) is 17.3 Å². The average molecular weight is 368 g/mol. The molecule has 138 valence electrons. The number of nitrogens with zero attached hydrogens (tertiary/aromatic N) is 4. The Morgan fingerprint density at radius 3 is 2.64 bits per heavy atom. The summed E-state index contributed by atoms with van der Waals surface area (Å²) in [5, 5.41) is 0. The summed E-state index contributed by atoms with van der Waals surface area (Å²) in [6.45, 7) is 4.70. The molecule has 0 aliphatic carbocycles. The molecule has 1 aliphatic rings. The van der Waals surface area contributed by atoms with Crippen molar-refractivity contribution < 1.29 is 4.79 Å². The summed E-state index contributed by atoms with van der Waals surface area (Å²) in [5.74, 6) is 7.54. The van der Waals surface area contributed by atoms with E-state index in [1.807, 2.05) is 61.2 Å². The van der Waals surface area contributed by atoms with Gasteiger partial charge in [-0.3, -0.25) is 4.79 Å². The van der Waals surface area contributed by atoms with Gasteiger partial charge in [0.15, 0.2) is 5.82 Å². The minimum absolute atomic E-state index is 0.118. The van der Waals surface area contributed by atoms with Crippen molar-refractivity contribution in [3.05, 3.63) is 77.1 Å². The second-order valence-electron chi connectivity index (χ2n) is 6.61. The number of fused-ring (bicyclic) bond motifs is 2. The SMILES string of the molecule is CCN1c2ncc(C#Cc3ccccc3C)cc2C(=O)N(C)c2cccnc21. The van der Waals surface area contributed by atoms with E-state index in [9.17, 15) is 4.79 Å². The molecule has 1 aliphatic heterocycles. The highest BCUT2D eigenvalue weighted by Crippen LogP contribution is 2.37. The Balaban J connectivity index is 1.82. The molecule has 0 unspecified atom stereocenters. The standard InChI is InChI=1S/C23H20N4O/c1-4-27-21-19(23(28)26(3)20-10-7-13-24-22(20)27)14-17(15-25-21)11-12-18-9-6-5-8-16(18)2/h5-10,13-15H,4H2,1-3H3. The number of carbonyl (C=O) groups is 1. The fraction of sp³-hybridized carbons (Fsp3) is 0.174. The van der Waals surface area contributed by atoms with Crippen LogP contribution in [0.5, 0.6) is 0 Å². The number of aromatic nitrogens is 2. The Morgan fingerprint density at radius 1 is 1.04 bits per heavy atom. The molecule has 3 aromatic rings. The third kappa shape index (κ3) is 2.99. The Labute approximate surface area is 164 Å². The summed E-state index contributed by atoms with van der Waals surface area (Å²) in [7, 11) is 1.76. The summed E-state index contributed by atoms with van der Waals surface area (Å²) in [5.41, 5.74) is 4.08. The molecular weight excluding hydrogens is 348 g/mol. The highest BCUT2D eigenvalue weighted by Gasteiger charge is 2.30. The van der Waals surface area contributed by atoms with Crippen molar-refractivity contribution in [2.45, 2.75) is 13.8 Å². The molecule has 1 amide bonds. The highest BCUT2D eigenvalue weighted by molar-refractivity contribution is 6.12. The van der Waals surface area contributed by atoms with Gasteiger partial charge in [0, 0.05) is 37.1 Å². The van der Waals surface area contributed by atoms with E-state index in [1.165, 1.54) is 0 Å². The van der Waals surface area contributed by atoms with Crippen LogP contribution in [0.1, 0.15) is 34.0 Å². The van der Waals surface area contributed by atoms with Crippen LogP contribution in [-0.2, 0) is 0 Å². The molecule has 0 spiro atoms. The maximum atomic E-state index is 13.1. The van der Waals surface area contributed by atoms with Gasteiger partial charge in [-0.25, -0.2) is 9.97 Å². The number of hydrogen-bond acceptors (Lipinski definition) is 4. The fourth-order valence-electron chi connectivity index (χ4n) is 3.30. The molecule has 28 heavy (non-hydrogen) atoms. The van der Waals surface area contributed by atoms with Crippen LogP contribution in [0.15, 0.2) is 54.9 Å². The van der Waals surface area contributed by atoms with Crippen molar-refractivity contribution in [3.63, 3.8) is 0 Å². The smallest absolute Gasteiger partial charge is 0.261 e. The molecule has 4 rings (SSSR count). The quantitative estimate of drug-likeness (QED) is 0.611. The molecule has 0 fully saturated rings. The lowest BCUT2D eigenvalue weighted by Crippen LogP contribution is -2.25. The van der Waals surface area contributed by atoms with E-state index in [0.29, 0.717) is 23.5 Å². The lowest BCUT2D eigenvalue weighted by atomic mass is 10.1. The Hall–Kier alpha value is -3.65. The number of anilines is 3. The first-order chi connectivity index (χ1) is 13.6. The Morgan fingerprint density at radius 2 is 1.86 bits per heavy atom. The zero-order valence-corrected chi connectivity index (χ0v) is 16.1. The lowest BCUT2D eigenvalue weighted by Gasteiger charge is -2.22. The van der Waals surface area contributed by atoms with Crippen LogP contribution in [0.25, 0.3) is 0 Å². The van der Waals surface area contributed by atoms with E-state index < -0.39 is 0 Å². The summed E-state index contributed by atoms with van der Waals surface area (Å²) in [6.07, 6.45) is 3.45. The van der Waals surface area contributed by atoms with E-state index in [1.54, 1.807) is 24.3 Å². The second-order valence-corrected chi connectivity index (χ2v) is 6.61. The van der Waals surface area contributed by atoms with Gasteiger partial charge in [0.25, 0.3) is 5.91 Å². The number of hydrogen-bond donors (Lipinski definition) is 0. The summed E-state index contributed by atoms with van der Waals surface area (Å²) in [4.78, 5) is 25.8. The predicted molar refractivity (Wildman–Crippen MR) is 111 cm³/mol. The van der Waals surface area contributed by atoms with Crippen molar-refractivity contribution in [2.24, 2.45) is 0 Å². The molecule has 0 saturated heterocycles. The van der Waals surface area contributed by atoms with E-state index in [4.69, 9.17) is 0 Å². The second kappa shape index (κ2) is 7.16. The maximum Gasteiger partial charge on any atom is 0.261 e. The average Bonchev–Trinajstić information content (AvgIpc) is 2.81. The topological polar surface area (TPSA) is 49.3 Å². The van der Waals surface area contributed by atoms with Gasteiger partial charge < -0.3 is 9.80 Å². The van der Waals surface area contributed by atoms with Gasteiger partial charge in [-0.1, -0.05) is 30.0 Å². The third-order valence-corrected chi connectivity index (χ3v) is 4.84. The van der Waals surface area contributed by atoms with Crippen LogP contribution in [0.3, 0.4) is 0 Å². The number of carbonyl (C=O) groups excluding carboxylic acids is 1. The van der Waals surface area contributed by atoms with E-state index >= 15 is 0 Å². The number of benzene rings is 1. The normalized spacial score (nSPS) is 12.6. The molecule has 5 nitrogen and oxygen atoms in total. The molecular formula is C23H20N4O. The molecule has 0 N–H and O–H groups in total. The van der Waals surface area contributed by atoms with Crippen molar-refractivity contribution >= 4 is 23.2 Å². The van der Waals surface area contributed by atoms with Gasteiger partial charge in [-0.05, 0) is 43.7 Å². The summed E-state index contributed by atoms with van der Waals surface area (Å²) < 4.78 is 0. The summed E-state index contributed by atoms with van der Waals surface area (Å²) in [6, 6.07) is 13.5. The van der Waals surface area contributed by atoms with Gasteiger partial charge in [-0.15, -0.1) is 0 Å². The van der Waals surface area contributed by atoms with Crippen LogP contribution < -0.4 is 9.80 Å². The first-order valence-electron chi connectivity index (χ1n) is 9.18. The Bertz CT molecular complexity index is 1130. The minimum atomic E-state index is -0.118. The van der Waals surface area contributed by atoms with Crippen molar-refractivity contribution in [3.8, 4) is 11.8 Å². The highest BCUT2D eigenvalue weighted by atomic mass is 16.2. The molecule has 1 aromatic carbocycles. The number of amides is 1. The number of pyridine rings is 2. The fourth-order valence-corrected chi connectivity index (χ4v) is 3.30. The van der Waals surface area contributed by atoms with Crippen molar-refractivity contribution in [2.75, 3.05) is 23.4 Å². The number of aryl methyl sites for hydroxylation is 1. The minimum Gasteiger partial charge on any atom is -0.309 e. The molecule has 0 saturated carbocycles. The van der Waals surface area contributed by atoms with Gasteiger partial charge >= 0.3 is 0 Å². The van der Waals surface area contributed by atoms with Crippen LogP contribution in [-0.4, -0.2) is 29.5 Å². The summed E-state index contributed by atoms with van der Waals surface area (Å²) >= 11 is 0. The zero-order chi connectivity index (χ0) is 19.7. The third-order valence-electron chi connectivity index (χ3n) is 4.84. The maximum absolute atomic E-state index is 13.1. The van der Waals surface area contributed by atoms with Gasteiger partial charge in [0.05, 0.1) is 11.3 Å². The van der Waals surface area contributed by atoms with Gasteiger partial charge in [0.1, 0.15) is 5.82 Å². The van der Waals surface area contributed by atoms with E-state index in [2.05, 4.69) is 21.8 Å². The van der Waals surface area contributed by atoms with Crippen LogP contribution >= 0.6 is 0 Å². The molecule has 0 bridgehead atoms. The predicted octanol–water partition coefficient (Wildman–Crippen LogP) is 3.93. The van der Waals surface area contributed by atoms with Crippen molar-refractivity contribution in [1.29, 1.82) is 0 Å². The first kappa shape index (κ1) is 17.7. The monoisotopic (exact) mass is 368 g/mol. The zero-order valence-electron chi connectivity index (χ0n) is 16.1. The first-order valence-corrected chi connectivity index (χ1v) is 9.18. The molecule has 5 heteroatoms. The number of rotatable bonds is 1. The van der Waals surface area contributed by atoms with Gasteiger partial charge in [0.2, 0.25) is 0 Å².